The van der Waals surface area contributed by atoms with Crippen LogP contribution in [0.15, 0.2) is 35.5 Å². The molecule has 1 atom stereocenters. The summed E-state index contributed by atoms with van der Waals surface area (Å²) in [5, 5.41) is 19.0. The maximum Gasteiger partial charge on any atom is 0.270 e. The standard InChI is InChI=1S/C15H19N5O3/c1-15(2)12-11(8-16-15)13(18-19(12)3)17-14(21)9-5-4-6-10(7-9)20(22)23/h4-7,13,16,18H,8H2,1-3H3,(H,17,21). The molecule has 3 N–H and O–H groups in total. The summed E-state index contributed by atoms with van der Waals surface area (Å²) in [4.78, 5) is 22.7. The minimum Gasteiger partial charge on any atom is -0.331 e. The van der Waals surface area contributed by atoms with Crippen LogP contribution in [0.1, 0.15) is 24.2 Å². The molecule has 0 aromatic heterocycles. The highest BCUT2D eigenvalue weighted by Gasteiger charge is 2.42. The lowest BCUT2D eigenvalue weighted by molar-refractivity contribution is -0.384. The zero-order valence-corrected chi connectivity index (χ0v) is 13.2. The van der Waals surface area contributed by atoms with E-state index in [2.05, 4.69) is 29.9 Å². The van der Waals surface area contributed by atoms with Crippen molar-refractivity contribution in [1.29, 1.82) is 0 Å². The zero-order valence-electron chi connectivity index (χ0n) is 13.2. The highest BCUT2D eigenvalue weighted by atomic mass is 16.6. The van der Waals surface area contributed by atoms with Crippen molar-refractivity contribution in [3.63, 3.8) is 0 Å². The number of benzene rings is 1. The molecule has 0 spiro atoms. The highest BCUT2D eigenvalue weighted by molar-refractivity contribution is 5.95. The van der Waals surface area contributed by atoms with Gasteiger partial charge in [-0.1, -0.05) is 6.07 Å². The molecule has 23 heavy (non-hydrogen) atoms. The number of hydrazine groups is 1. The van der Waals surface area contributed by atoms with E-state index in [0.717, 1.165) is 11.3 Å². The van der Waals surface area contributed by atoms with Gasteiger partial charge in [0, 0.05) is 36.9 Å². The molecular formula is C15H19N5O3. The first-order valence-corrected chi connectivity index (χ1v) is 7.33. The van der Waals surface area contributed by atoms with Crippen molar-refractivity contribution < 1.29 is 9.72 Å². The van der Waals surface area contributed by atoms with Gasteiger partial charge in [-0.05, 0) is 19.9 Å². The number of amides is 1. The van der Waals surface area contributed by atoms with E-state index in [1.54, 1.807) is 6.07 Å². The number of nitro groups is 1. The van der Waals surface area contributed by atoms with Crippen LogP contribution in [0.2, 0.25) is 0 Å². The lowest BCUT2D eigenvalue weighted by Crippen LogP contribution is -2.51. The minimum absolute atomic E-state index is 0.0993. The number of hydrogen-bond acceptors (Lipinski definition) is 6. The molecule has 3 rings (SSSR count). The van der Waals surface area contributed by atoms with Crippen molar-refractivity contribution in [2.24, 2.45) is 0 Å². The van der Waals surface area contributed by atoms with Crippen LogP contribution in [-0.2, 0) is 0 Å². The normalized spacial score (nSPS) is 22.2. The predicted octanol–water partition coefficient (Wildman–Crippen LogP) is 0.737. The maximum atomic E-state index is 12.4. The molecule has 1 amide bonds. The van der Waals surface area contributed by atoms with Crippen LogP contribution in [0.4, 0.5) is 5.69 Å². The largest absolute Gasteiger partial charge is 0.331 e. The van der Waals surface area contributed by atoms with Crippen LogP contribution in [0.5, 0.6) is 0 Å². The molecule has 2 aliphatic heterocycles. The zero-order chi connectivity index (χ0) is 16.8. The first-order chi connectivity index (χ1) is 10.8. The highest BCUT2D eigenvalue weighted by Crippen LogP contribution is 2.32. The Balaban J connectivity index is 1.79. The average Bonchev–Trinajstić information content (AvgIpc) is 2.98. The van der Waals surface area contributed by atoms with Crippen molar-refractivity contribution in [3.05, 3.63) is 51.2 Å². The third-order valence-corrected chi connectivity index (χ3v) is 4.22. The molecule has 0 radical (unpaired) electrons. The summed E-state index contributed by atoms with van der Waals surface area (Å²) >= 11 is 0. The third-order valence-electron chi connectivity index (χ3n) is 4.22. The van der Waals surface area contributed by atoms with Crippen LogP contribution in [0.3, 0.4) is 0 Å². The van der Waals surface area contributed by atoms with E-state index in [4.69, 9.17) is 0 Å². The summed E-state index contributed by atoms with van der Waals surface area (Å²) < 4.78 is 0. The first-order valence-electron chi connectivity index (χ1n) is 7.33. The predicted molar refractivity (Wildman–Crippen MR) is 84.4 cm³/mol. The molecule has 0 saturated heterocycles. The molecule has 0 fully saturated rings. The van der Waals surface area contributed by atoms with Gasteiger partial charge >= 0.3 is 0 Å². The van der Waals surface area contributed by atoms with Crippen LogP contribution in [0, 0.1) is 10.1 Å². The van der Waals surface area contributed by atoms with Gasteiger partial charge in [-0.3, -0.25) is 14.9 Å². The summed E-state index contributed by atoms with van der Waals surface area (Å²) in [5.74, 6) is -0.349. The lowest BCUT2D eigenvalue weighted by Gasteiger charge is -2.30. The fourth-order valence-corrected chi connectivity index (χ4v) is 3.19. The van der Waals surface area contributed by atoms with Crippen molar-refractivity contribution >= 4 is 11.6 Å². The van der Waals surface area contributed by atoms with E-state index in [0.29, 0.717) is 6.54 Å². The number of non-ortho nitro benzene ring substituents is 1. The summed E-state index contributed by atoms with van der Waals surface area (Å²) in [6.07, 6.45) is -0.323. The van der Waals surface area contributed by atoms with Gasteiger partial charge in [-0.15, -0.1) is 0 Å². The number of nitrogens with one attached hydrogen (secondary N) is 3. The second-order valence-corrected chi connectivity index (χ2v) is 6.25. The van der Waals surface area contributed by atoms with E-state index >= 15 is 0 Å². The Morgan fingerprint density at radius 2 is 2.22 bits per heavy atom. The third kappa shape index (κ3) is 2.66. The second kappa shape index (κ2) is 5.32. The van der Waals surface area contributed by atoms with Crippen LogP contribution >= 0.6 is 0 Å². The molecular weight excluding hydrogens is 298 g/mol. The Kier molecular flexibility index (Phi) is 3.57. The van der Waals surface area contributed by atoms with Gasteiger partial charge < -0.3 is 15.6 Å². The Bertz CT molecular complexity index is 713. The van der Waals surface area contributed by atoms with Crippen LogP contribution < -0.4 is 16.1 Å². The molecule has 8 nitrogen and oxygen atoms in total. The van der Waals surface area contributed by atoms with Gasteiger partial charge in [0.1, 0.15) is 6.17 Å². The van der Waals surface area contributed by atoms with E-state index < -0.39 is 4.92 Å². The van der Waals surface area contributed by atoms with Gasteiger partial charge in [0.2, 0.25) is 0 Å². The summed E-state index contributed by atoms with van der Waals surface area (Å²) in [5.41, 5.74) is 5.40. The topological polar surface area (TPSA) is 99.5 Å². The van der Waals surface area contributed by atoms with E-state index in [-0.39, 0.29) is 28.9 Å². The number of carbonyl (C=O) groups is 1. The van der Waals surface area contributed by atoms with Crippen molar-refractivity contribution in [1.82, 2.24) is 21.1 Å². The van der Waals surface area contributed by atoms with Gasteiger partial charge in [-0.2, -0.15) is 0 Å². The fourth-order valence-electron chi connectivity index (χ4n) is 3.19. The smallest absolute Gasteiger partial charge is 0.270 e. The molecule has 0 saturated carbocycles. The van der Waals surface area contributed by atoms with Gasteiger partial charge in [0.15, 0.2) is 0 Å². The van der Waals surface area contributed by atoms with E-state index in [9.17, 15) is 14.9 Å². The van der Waals surface area contributed by atoms with Gasteiger partial charge in [-0.25, -0.2) is 5.43 Å². The van der Waals surface area contributed by atoms with Crippen molar-refractivity contribution in [2.75, 3.05) is 13.6 Å². The first kappa shape index (κ1) is 15.4. The number of nitrogens with zero attached hydrogens (tertiary/aromatic N) is 2. The molecule has 2 aliphatic rings. The maximum absolute atomic E-state index is 12.4. The molecule has 1 aromatic rings. The Labute approximate surface area is 133 Å². The summed E-state index contributed by atoms with van der Waals surface area (Å²) in [6.45, 7) is 4.84. The summed E-state index contributed by atoms with van der Waals surface area (Å²) in [7, 11) is 1.91. The van der Waals surface area contributed by atoms with E-state index in [1.165, 1.54) is 18.2 Å². The van der Waals surface area contributed by atoms with Crippen molar-refractivity contribution in [2.45, 2.75) is 25.6 Å². The minimum atomic E-state index is -0.511. The molecule has 8 heteroatoms. The lowest BCUT2D eigenvalue weighted by atomic mass is 10.0. The molecule has 122 valence electrons. The molecule has 0 bridgehead atoms. The van der Waals surface area contributed by atoms with Crippen LogP contribution in [-0.4, -0.2) is 41.1 Å². The number of likely N-dealkylation sites (N-methyl/N-ethyl adjacent to an activating group) is 1. The molecule has 1 aromatic carbocycles. The Morgan fingerprint density at radius 1 is 1.48 bits per heavy atom. The summed E-state index contributed by atoms with van der Waals surface area (Å²) in [6, 6.07) is 5.71. The quantitative estimate of drug-likeness (QED) is 0.561. The van der Waals surface area contributed by atoms with Gasteiger partial charge in [0.05, 0.1) is 16.2 Å². The Morgan fingerprint density at radius 3 is 2.91 bits per heavy atom. The second-order valence-electron chi connectivity index (χ2n) is 6.25. The van der Waals surface area contributed by atoms with E-state index in [1.807, 2.05) is 12.1 Å². The van der Waals surface area contributed by atoms with Gasteiger partial charge in [0.25, 0.3) is 11.6 Å². The Hall–Kier alpha value is -2.45. The van der Waals surface area contributed by atoms with Crippen molar-refractivity contribution in [3.8, 4) is 0 Å². The fraction of sp³-hybridized carbons (Fsp3) is 0.400. The number of nitro benzene ring substituents is 1. The monoisotopic (exact) mass is 317 g/mol. The molecule has 1 unspecified atom stereocenters. The number of carbonyl (C=O) groups excluding carboxylic acids is 1. The number of hydrogen-bond donors (Lipinski definition) is 3. The molecule has 2 heterocycles. The SMILES string of the molecule is CN1NC(NC(=O)c2cccc([N+](=O)[O-])c2)C2=C1C(C)(C)NC2. The number of rotatable bonds is 3. The average molecular weight is 317 g/mol. The molecule has 0 aliphatic carbocycles. The van der Waals surface area contributed by atoms with Crippen LogP contribution in [0.25, 0.3) is 0 Å².